The Labute approximate surface area is 183 Å². The number of rotatable bonds is 4. The third kappa shape index (κ3) is 4.74. The van der Waals surface area contributed by atoms with Crippen molar-refractivity contribution in [1.29, 1.82) is 0 Å². The third-order valence-electron chi connectivity index (χ3n) is 5.17. The van der Waals surface area contributed by atoms with Crippen molar-refractivity contribution < 1.29 is 14.3 Å². The Balaban J connectivity index is 1.49. The number of halogens is 1. The van der Waals surface area contributed by atoms with Gasteiger partial charge in [0.05, 0.1) is 22.2 Å². The number of benzene rings is 1. The summed E-state index contributed by atoms with van der Waals surface area (Å²) >= 11 is 5.90. The Morgan fingerprint density at radius 3 is 2.84 bits per heavy atom. The van der Waals surface area contributed by atoms with Crippen molar-refractivity contribution in [3.8, 4) is 0 Å². The van der Waals surface area contributed by atoms with Crippen LogP contribution in [0, 0.1) is 0 Å². The zero-order valence-electron chi connectivity index (χ0n) is 16.8. The number of carbonyl (C=O) groups is 2. The number of nitrogens with zero attached hydrogens (tertiary/aromatic N) is 3. The van der Waals surface area contributed by atoms with Gasteiger partial charge in [-0.15, -0.1) is 0 Å². The summed E-state index contributed by atoms with van der Waals surface area (Å²) in [7, 11) is 0. The molecule has 2 aromatic heterocycles. The smallest absolute Gasteiger partial charge is 0.338 e. The van der Waals surface area contributed by atoms with Gasteiger partial charge in [0.2, 0.25) is 0 Å². The quantitative estimate of drug-likeness (QED) is 0.493. The van der Waals surface area contributed by atoms with Crippen molar-refractivity contribution in [2.45, 2.75) is 38.6 Å². The number of aromatic nitrogens is 3. The van der Waals surface area contributed by atoms with E-state index in [9.17, 15) is 14.4 Å². The normalized spacial score (nSPS) is 13.7. The summed E-state index contributed by atoms with van der Waals surface area (Å²) in [5.41, 5.74) is 0.923. The van der Waals surface area contributed by atoms with E-state index in [2.05, 4.69) is 15.3 Å². The minimum absolute atomic E-state index is 0.0884. The zero-order valence-corrected chi connectivity index (χ0v) is 17.5. The topological polar surface area (TPSA) is 103 Å². The van der Waals surface area contributed by atoms with Crippen molar-refractivity contribution in [3.63, 3.8) is 0 Å². The summed E-state index contributed by atoms with van der Waals surface area (Å²) in [6.45, 7) is 0.180. The summed E-state index contributed by atoms with van der Waals surface area (Å²) in [6.07, 6.45) is 6.39. The molecule has 0 saturated carbocycles. The van der Waals surface area contributed by atoms with E-state index in [0.29, 0.717) is 23.1 Å². The lowest BCUT2D eigenvalue weighted by atomic mass is 10.1. The molecular formula is C22H21ClN4O4. The number of amides is 1. The molecule has 1 aliphatic heterocycles. The summed E-state index contributed by atoms with van der Waals surface area (Å²) < 4.78 is 6.85. The molecule has 1 aliphatic rings. The van der Waals surface area contributed by atoms with Gasteiger partial charge in [-0.05, 0) is 43.2 Å². The van der Waals surface area contributed by atoms with Crippen LogP contribution in [0.15, 0.2) is 41.3 Å². The van der Waals surface area contributed by atoms with E-state index in [-0.39, 0.29) is 16.3 Å². The minimum Gasteiger partial charge on any atom is -0.452 e. The molecule has 1 N–H and O–H groups in total. The zero-order chi connectivity index (χ0) is 21.8. The lowest BCUT2D eigenvalue weighted by Gasteiger charge is -2.16. The maximum atomic E-state index is 12.9. The Morgan fingerprint density at radius 2 is 2.00 bits per heavy atom. The predicted octanol–water partition coefficient (Wildman–Crippen LogP) is 3.36. The first-order valence-electron chi connectivity index (χ1n) is 10.1. The molecule has 0 radical (unpaired) electrons. The molecule has 0 bridgehead atoms. The maximum Gasteiger partial charge on any atom is 0.338 e. The van der Waals surface area contributed by atoms with E-state index in [1.165, 1.54) is 18.3 Å². The molecular weight excluding hydrogens is 420 g/mol. The number of esters is 1. The van der Waals surface area contributed by atoms with Gasteiger partial charge in [0.1, 0.15) is 5.82 Å². The molecule has 0 saturated heterocycles. The summed E-state index contributed by atoms with van der Waals surface area (Å²) in [5.74, 6) is -0.472. The highest BCUT2D eigenvalue weighted by atomic mass is 35.5. The van der Waals surface area contributed by atoms with Crippen LogP contribution < -0.4 is 10.9 Å². The fourth-order valence-electron chi connectivity index (χ4n) is 3.60. The fraction of sp³-hybridized carbons (Fsp3) is 0.318. The Bertz CT molecular complexity index is 1210. The summed E-state index contributed by atoms with van der Waals surface area (Å²) in [5, 5.41) is 3.14. The molecule has 0 unspecified atom stereocenters. The van der Waals surface area contributed by atoms with Crippen molar-refractivity contribution in [2.24, 2.45) is 0 Å². The highest BCUT2D eigenvalue weighted by Crippen LogP contribution is 2.18. The monoisotopic (exact) mass is 440 g/mol. The van der Waals surface area contributed by atoms with Gasteiger partial charge in [-0.25, -0.2) is 14.8 Å². The van der Waals surface area contributed by atoms with Crippen LogP contribution in [0.3, 0.4) is 0 Å². The lowest BCUT2D eigenvalue weighted by Crippen LogP contribution is -2.26. The molecule has 3 heterocycles. The van der Waals surface area contributed by atoms with Gasteiger partial charge in [-0.2, -0.15) is 0 Å². The van der Waals surface area contributed by atoms with Crippen molar-refractivity contribution in [2.75, 3.05) is 11.9 Å². The van der Waals surface area contributed by atoms with E-state index in [0.717, 1.165) is 37.9 Å². The van der Waals surface area contributed by atoms with Crippen molar-refractivity contribution in [3.05, 3.63) is 63.4 Å². The highest BCUT2D eigenvalue weighted by molar-refractivity contribution is 6.32. The second-order valence-corrected chi connectivity index (χ2v) is 7.71. The van der Waals surface area contributed by atoms with Gasteiger partial charge >= 0.3 is 5.97 Å². The van der Waals surface area contributed by atoms with Crippen molar-refractivity contribution in [1.82, 2.24) is 14.5 Å². The van der Waals surface area contributed by atoms with Gasteiger partial charge in [0.25, 0.3) is 11.5 Å². The molecule has 1 aromatic carbocycles. The van der Waals surface area contributed by atoms with Gasteiger partial charge < -0.3 is 10.1 Å². The van der Waals surface area contributed by atoms with Gasteiger partial charge in [0, 0.05) is 19.2 Å². The second kappa shape index (κ2) is 9.26. The van der Waals surface area contributed by atoms with E-state index in [1.54, 1.807) is 22.8 Å². The van der Waals surface area contributed by atoms with Gasteiger partial charge in [0.15, 0.2) is 11.8 Å². The summed E-state index contributed by atoms with van der Waals surface area (Å²) in [4.78, 5) is 45.9. The molecule has 8 nitrogen and oxygen atoms in total. The number of hydrogen-bond donors (Lipinski definition) is 1. The maximum absolute atomic E-state index is 12.9. The molecule has 0 spiro atoms. The number of hydrogen-bond acceptors (Lipinski definition) is 6. The molecule has 0 atom stereocenters. The SMILES string of the molecule is O=C(COC(=O)c1ccc2c(=O)n3c(nc2c1)CCCCCC3)Nc1cccnc1Cl. The van der Waals surface area contributed by atoms with Crippen LogP contribution in [0.4, 0.5) is 5.69 Å². The number of carbonyl (C=O) groups excluding carboxylic acids is 2. The highest BCUT2D eigenvalue weighted by Gasteiger charge is 2.16. The third-order valence-corrected chi connectivity index (χ3v) is 5.47. The Morgan fingerprint density at radius 1 is 1.16 bits per heavy atom. The predicted molar refractivity (Wildman–Crippen MR) is 116 cm³/mol. The van der Waals surface area contributed by atoms with Crippen LogP contribution in [0.5, 0.6) is 0 Å². The van der Waals surface area contributed by atoms with Crippen LogP contribution in [-0.4, -0.2) is 33.0 Å². The number of fused-ring (bicyclic) bond motifs is 2. The first-order chi connectivity index (χ1) is 15.0. The second-order valence-electron chi connectivity index (χ2n) is 7.35. The van der Waals surface area contributed by atoms with Crippen LogP contribution >= 0.6 is 11.6 Å². The van der Waals surface area contributed by atoms with Crippen LogP contribution in [0.25, 0.3) is 10.9 Å². The number of aryl methyl sites for hydroxylation is 1. The number of nitrogens with one attached hydrogen (secondary N) is 1. The molecule has 4 rings (SSSR count). The molecule has 3 aromatic rings. The molecule has 9 heteroatoms. The molecule has 1 amide bonds. The minimum atomic E-state index is -0.678. The van der Waals surface area contributed by atoms with E-state index >= 15 is 0 Å². The molecule has 0 aliphatic carbocycles. The standard InChI is InChI=1S/C22H21ClN4O4/c23-20-16(6-5-10-24-20)26-19(28)13-31-22(30)14-8-9-15-17(12-14)25-18-7-3-1-2-4-11-27(18)21(15)29/h5-6,8-10,12H,1-4,7,11,13H2,(H,26,28). The molecule has 160 valence electrons. The van der Waals surface area contributed by atoms with Crippen LogP contribution in [-0.2, 0) is 22.5 Å². The lowest BCUT2D eigenvalue weighted by molar-refractivity contribution is -0.119. The van der Waals surface area contributed by atoms with Crippen molar-refractivity contribution >= 4 is 40.1 Å². The number of pyridine rings is 1. The van der Waals surface area contributed by atoms with Crippen LogP contribution in [0.2, 0.25) is 5.15 Å². The van der Waals surface area contributed by atoms with Crippen LogP contribution in [0.1, 0.15) is 41.9 Å². The van der Waals surface area contributed by atoms with E-state index in [4.69, 9.17) is 16.3 Å². The van der Waals surface area contributed by atoms with E-state index in [1.807, 2.05) is 0 Å². The first-order valence-corrected chi connectivity index (χ1v) is 10.5. The first kappa shape index (κ1) is 21.0. The number of ether oxygens (including phenoxy) is 1. The average Bonchev–Trinajstić information content (AvgIpc) is 2.75. The van der Waals surface area contributed by atoms with Gasteiger partial charge in [-0.3, -0.25) is 14.2 Å². The molecule has 31 heavy (non-hydrogen) atoms. The summed E-state index contributed by atoms with van der Waals surface area (Å²) in [6, 6.07) is 7.85. The Kier molecular flexibility index (Phi) is 6.27. The van der Waals surface area contributed by atoms with E-state index < -0.39 is 18.5 Å². The largest absolute Gasteiger partial charge is 0.452 e. The number of anilines is 1. The molecule has 0 fully saturated rings. The average molecular weight is 441 g/mol. The van der Waals surface area contributed by atoms with Gasteiger partial charge in [-0.1, -0.05) is 24.4 Å². The fourth-order valence-corrected chi connectivity index (χ4v) is 3.77. The Hall–Kier alpha value is -3.26.